The van der Waals surface area contributed by atoms with E-state index in [0.717, 1.165) is 0 Å². The summed E-state index contributed by atoms with van der Waals surface area (Å²) in [5, 5.41) is 0. The minimum Gasteiger partial charge on any atom is 0 e. The fraction of sp³-hybridized carbons (Fsp3) is 0. The first-order chi connectivity index (χ1) is 0. The summed E-state index contributed by atoms with van der Waals surface area (Å²) in [5.41, 5.74) is 0. The van der Waals surface area contributed by atoms with Gasteiger partial charge in [0.05, 0.1) is 0 Å². The zero-order chi connectivity index (χ0) is 0. The Kier molecular flexibility index (Phi) is 264. The van der Waals surface area contributed by atoms with E-state index < -0.39 is 0 Å². The molecule has 5 heavy (non-hydrogen) atoms. The van der Waals surface area contributed by atoms with E-state index >= 15 is 0 Å². The van der Waals surface area contributed by atoms with Crippen molar-refractivity contribution >= 4 is 40.4 Å². The maximum absolute atomic E-state index is 0. The van der Waals surface area contributed by atoms with Crippen LogP contribution in [0.1, 0.15) is 0 Å². The largest absolute Gasteiger partial charge is 0.316 e. The molecule has 5 heteroatoms. The second kappa shape index (κ2) is 29.0. The van der Waals surface area contributed by atoms with Crippen molar-refractivity contribution < 1.29 is 50.6 Å². The van der Waals surface area contributed by atoms with Crippen LogP contribution < -0.4 is 0 Å². The van der Waals surface area contributed by atoms with Crippen molar-refractivity contribution in [2.24, 2.45) is 0 Å². The second-order valence-electron chi connectivity index (χ2n) is 0. The zero-order valence-corrected chi connectivity index (χ0v) is 4.00. The molecular weight excluding hydrogens is 229 g/mol. The molecule has 0 saturated heterocycles. The van der Waals surface area contributed by atoms with Crippen molar-refractivity contribution in [1.82, 2.24) is 0 Å². The van der Waals surface area contributed by atoms with Crippen LogP contribution >= 0.6 is 0 Å². The van der Waals surface area contributed by atoms with Crippen molar-refractivity contribution in [3.63, 3.8) is 0 Å². The van der Waals surface area contributed by atoms with Crippen LogP contribution in [0.3, 0.4) is 0 Å². The third kappa shape index (κ3) is 19.9. The molecule has 1 radical (unpaired) electrons. The third-order valence-electron chi connectivity index (χ3n) is 0. The molecule has 0 aliphatic rings. The van der Waals surface area contributed by atoms with Gasteiger partial charge in [-0.25, -0.2) is 0 Å². The molecule has 0 N–H and O–H groups in total. The third-order valence-corrected chi connectivity index (χ3v) is 0. The Labute approximate surface area is 89.7 Å². The minimum atomic E-state index is 0. The molecule has 0 saturated carbocycles. The molecule has 0 aromatic heterocycles. The van der Waals surface area contributed by atoms with Gasteiger partial charge in [-0.1, -0.05) is 0 Å². The molecule has 0 bridgehead atoms. The molecule has 0 heterocycles. The molecule has 0 aliphatic heterocycles. The summed E-state index contributed by atoms with van der Waals surface area (Å²) in [7, 11) is 0. The molecule has 39 valence electrons. The SMILES string of the molecule is [AlH3].[Cu].[Fe].[MgH2].[Ni]. The van der Waals surface area contributed by atoms with Gasteiger partial charge in [0.25, 0.3) is 0 Å². The van der Waals surface area contributed by atoms with Crippen LogP contribution in [0, 0.1) is 0 Å². The first kappa shape index (κ1) is 45.6. The van der Waals surface area contributed by atoms with Crippen molar-refractivity contribution in [3.05, 3.63) is 0 Å². The quantitative estimate of drug-likeness (QED) is 0.421. The Morgan fingerprint density at radius 1 is 1.00 bits per heavy atom. The minimum absolute atomic E-state index is 0. The van der Waals surface area contributed by atoms with Crippen LogP contribution in [-0.2, 0) is 50.6 Å². The summed E-state index contributed by atoms with van der Waals surface area (Å²) in [6.45, 7) is 0. The van der Waals surface area contributed by atoms with Crippen molar-refractivity contribution in [3.8, 4) is 0 Å². The Bertz CT molecular complexity index is 11.6. The van der Waals surface area contributed by atoms with Crippen LogP contribution in [0.5, 0.6) is 0 Å². The normalized spacial score (nSPS) is 0. The van der Waals surface area contributed by atoms with Crippen LogP contribution in [0.25, 0.3) is 0 Å². The van der Waals surface area contributed by atoms with Gasteiger partial charge in [-0.2, -0.15) is 0 Å². The molecule has 0 unspecified atom stereocenters. The van der Waals surface area contributed by atoms with Gasteiger partial charge in [0.2, 0.25) is 0 Å². The standard InChI is InChI=1S/Al.Cu.Fe.Mg.Ni.5H. The van der Waals surface area contributed by atoms with Crippen molar-refractivity contribution in [2.45, 2.75) is 0 Å². The Morgan fingerprint density at radius 2 is 1.00 bits per heavy atom. The van der Waals surface area contributed by atoms with Gasteiger partial charge in [0.1, 0.15) is 0 Å². The Morgan fingerprint density at radius 3 is 1.00 bits per heavy atom. The van der Waals surface area contributed by atoms with Gasteiger partial charge < -0.3 is 0 Å². The molecule has 0 amide bonds. The van der Waals surface area contributed by atoms with Crippen molar-refractivity contribution in [1.29, 1.82) is 0 Å². The van der Waals surface area contributed by atoms with Gasteiger partial charge in [0.15, 0.2) is 17.4 Å². The summed E-state index contributed by atoms with van der Waals surface area (Å²) >= 11 is 0. The molecule has 0 fully saturated rings. The molecule has 0 atom stereocenters. The molecular formula is H5AlCuFeMgNi. The Hall–Kier alpha value is 2.83. The van der Waals surface area contributed by atoms with E-state index in [4.69, 9.17) is 0 Å². The molecule has 0 aliphatic carbocycles. The molecule has 0 nitrogen and oxygen atoms in total. The average Bonchev–Trinajstić information content (AvgIpc) is 0. The summed E-state index contributed by atoms with van der Waals surface area (Å²) in [5.74, 6) is 0. The summed E-state index contributed by atoms with van der Waals surface area (Å²) in [6, 6.07) is 0. The number of hydrogen-bond acceptors (Lipinski definition) is 0. The average molecular weight is 234 g/mol. The van der Waals surface area contributed by atoms with E-state index in [2.05, 4.69) is 0 Å². The predicted molar refractivity (Wildman–Crippen MR) is 18.5 cm³/mol. The first-order valence-electron chi connectivity index (χ1n) is 0. The van der Waals surface area contributed by atoms with E-state index in [1.165, 1.54) is 0 Å². The zero-order valence-electron chi connectivity index (χ0n) is 0.971. The van der Waals surface area contributed by atoms with Gasteiger partial charge in [-0.05, 0) is 0 Å². The van der Waals surface area contributed by atoms with Crippen LogP contribution in [0.4, 0.5) is 0 Å². The van der Waals surface area contributed by atoms with Crippen molar-refractivity contribution in [2.75, 3.05) is 0 Å². The maximum atomic E-state index is 0. The first-order valence-corrected chi connectivity index (χ1v) is 0. The second-order valence-corrected chi connectivity index (χ2v) is 0. The van der Waals surface area contributed by atoms with Gasteiger partial charge in [0, 0.05) is 50.6 Å². The van der Waals surface area contributed by atoms with Crippen LogP contribution in [0.15, 0.2) is 0 Å². The van der Waals surface area contributed by atoms with Gasteiger partial charge >= 0.3 is 23.1 Å². The predicted octanol–water partition coefficient (Wildman–Crippen LogP) is -2.11. The van der Waals surface area contributed by atoms with Gasteiger partial charge in [-0.3, -0.25) is 0 Å². The van der Waals surface area contributed by atoms with E-state index in [-0.39, 0.29) is 91.0 Å². The fourth-order valence-corrected chi connectivity index (χ4v) is 0. The maximum Gasteiger partial charge on any atom is 0.316 e. The van der Waals surface area contributed by atoms with E-state index in [1.54, 1.807) is 0 Å². The van der Waals surface area contributed by atoms with E-state index in [9.17, 15) is 0 Å². The van der Waals surface area contributed by atoms with Crippen LogP contribution in [0.2, 0.25) is 0 Å². The monoisotopic (exact) mass is 233 g/mol. The number of hydrogen-bond donors (Lipinski definition) is 0. The fourth-order valence-electron chi connectivity index (χ4n) is 0. The van der Waals surface area contributed by atoms with E-state index in [1.807, 2.05) is 0 Å². The van der Waals surface area contributed by atoms with Crippen LogP contribution in [-0.4, -0.2) is 40.4 Å². The summed E-state index contributed by atoms with van der Waals surface area (Å²) in [4.78, 5) is 0. The smallest absolute Gasteiger partial charge is 0 e. The molecule has 0 aromatic rings. The molecule has 0 rings (SSSR count). The summed E-state index contributed by atoms with van der Waals surface area (Å²) < 4.78 is 0. The molecule has 0 aromatic carbocycles. The summed E-state index contributed by atoms with van der Waals surface area (Å²) in [6.07, 6.45) is 0. The number of rotatable bonds is 0. The topological polar surface area (TPSA) is 0 Å². The molecule has 0 spiro atoms. The Balaban J connectivity index is 0. The van der Waals surface area contributed by atoms with Gasteiger partial charge in [-0.15, -0.1) is 0 Å². The van der Waals surface area contributed by atoms with E-state index in [0.29, 0.717) is 0 Å².